The van der Waals surface area contributed by atoms with Crippen molar-refractivity contribution >= 4 is 33.3 Å². The highest BCUT2D eigenvalue weighted by Crippen LogP contribution is 2.38. The van der Waals surface area contributed by atoms with Gasteiger partial charge in [-0.3, -0.25) is 4.98 Å². The number of anilines is 1. The van der Waals surface area contributed by atoms with Crippen molar-refractivity contribution in [3.8, 4) is 11.4 Å². The summed E-state index contributed by atoms with van der Waals surface area (Å²) in [6.07, 6.45) is 5.49. The summed E-state index contributed by atoms with van der Waals surface area (Å²) >= 11 is 0. The number of β-amino-alcohol motifs (C(OH)–C–C–N with tert-alkyl or cyclic N) is 1. The lowest BCUT2D eigenvalue weighted by Gasteiger charge is -2.29. The molecule has 0 amide bonds. The van der Waals surface area contributed by atoms with Gasteiger partial charge in [0.1, 0.15) is 17.2 Å². The number of aliphatic hydroxyl groups is 1. The standard InChI is InChI=1S/C24H20F3N7O/c1-34(17-10-29-11-18(17)35)23-20-15(12-3-2-4-12)8-28-9-16(20)31-22(33-23)13-5-6-30-21-14(13)7-19(32-21)24(25,26)27/h2-9,17-18,29,35H,10-11H2,1H3,(H,30,32). The van der Waals surface area contributed by atoms with Crippen molar-refractivity contribution in [2.75, 3.05) is 25.0 Å². The zero-order valence-electron chi connectivity index (χ0n) is 18.5. The number of H-pyrrole nitrogens is 1. The van der Waals surface area contributed by atoms with Crippen LogP contribution in [0.25, 0.3) is 38.9 Å². The Balaban J connectivity index is 1.59. The molecule has 1 aliphatic heterocycles. The molecule has 2 atom stereocenters. The van der Waals surface area contributed by atoms with Gasteiger partial charge in [0, 0.05) is 49.0 Å². The fourth-order valence-electron chi connectivity index (χ4n) is 4.61. The van der Waals surface area contributed by atoms with E-state index in [9.17, 15) is 18.3 Å². The minimum absolute atomic E-state index is 0.0977. The Hall–Kier alpha value is -3.83. The fourth-order valence-corrected chi connectivity index (χ4v) is 4.61. The van der Waals surface area contributed by atoms with Crippen LogP contribution in [0, 0.1) is 0 Å². The molecule has 2 aliphatic rings. The monoisotopic (exact) mass is 479 g/mol. The third kappa shape index (κ3) is 3.55. The predicted molar refractivity (Wildman–Crippen MR) is 126 cm³/mol. The van der Waals surface area contributed by atoms with Crippen LogP contribution in [0.1, 0.15) is 11.3 Å². The first kappa shape index (κ1) is 21.7. The van der Waals surface area contributed by atoms with Gasteiger partial charge in [0.2, 0.25) is 0 Å². The first-order valence-corrected chi connectivity index (χ1v) is 11.0. The number of nitrogens with zero attached hydrogens (tertiary/aromatic N) is 5. The summed E-state index contributed by atoms with van der Waals surface area (Å²) in [5, 5.41) is 14.7. The van der Waals surface area contributed by atoms with Crippen molar-refractivity contribution in [1.29, 1.82) is 0 Å². The lowest BCUT2D eigenvalue weighted by molar-refractivity contribution is -0.140. The van der Waals surface area contributed by atoms with E-state index in [2.05, 4.69) is 20.3 Å². The molecule has 5 heterocycles. The molecule has 0 aromatic carbocycles. The van der Waals surface area contributed by atoms with E-state index in [1.54, 1.807) is 18.5 Å². The van der Waals surface area contributed by atoms with Gasteiger partial charge >= 0.3 is 6.18 Å². The van der Waals surface area contributed by atoms with Crippen molar-refractivity contribution in [2.24, 2.45) is 0 Å². The van der Waals surface area contributed by atoms with Crippen LogP contribution in [-0.2, 0) is 6.18 Å². The fraction of sp³-hybridized carbons (Fsp3) is 0.250. The largest absolute Gasteiger partial charge is 0.431 e. The van der Waals surface area contributed by atoms with Gasteiger partial charge in [0.25, 0.3) is 0 Å². The average molecular weight is 479 g/mol. The number of likely N-dealkylation sites (N-methyl/N-ethyl adjacent to an activating group) is 1. The molecule has 0 radical (unpaired) electrons. The molecule has 0 spiro atoms. The van der Waals surface area contributed by atoms with Gasteiger partial charge in [0.05, 0.1) is 29.2 Å². The number of pyridine rings is 2. The number of allylic oxidation sites excluding steroid dienone is 4. The van der Waals surface area contributed by atoms with E-state index in [0.29, 0.717) is 30.0 Å². The molecule has 3 N–H and O–H groups in total. The Morgan fingerprint density at radius 2 is 1.97 bits per heavy atom. The van der Waals surface area contributed by atoms with E-state index in [0.717, 1.165) is 22.6 Å². The minimum Gasteiger partial charge on any atom is -0.390 e. The van der Waals surface area contributed by atoms with Crippen LogP contribution in [0.2, 0.25) is 0 Å². The van der Waals surface area contributed by atoms with Gasteiger partial charge in [0.15, 0.2) is 5.82 Å². The maximum atomic E-state index is 13.4. The molecule has 4 aromatic rings. The van der Waals surface area contributed by atoms with Crippen LogP contribution in [-0.4, -0.2) is 62.3 Å². The smallest absolute Gasteiger partial charge is 0.390 e. The second kappa shape index (κ2) is 7.85. The van der Waals surface area contributed by atoms with Crippen LogP contribution in [0.3, 0.4) is 0 Å². The molecule has 0 saturated carbocycles. The van der Waals surface area contributed by atoms with Gasteiger partial charge in [-0.25, -0.2) is 15.0 Å². The van der Waals surface area contributed by atoms with E-state index in [1.807, 2.05) is 30.2 Å². The zero-order valence-corrected chi connectivity index (χ0v) is 18.5. The Bertz CT molecular complexity index is 1530. The third-order valence-corrected chi connectivity index (χ3v) is 6.51. The molecule has 2 unspecified atom stereocenters. The summed E-state index contributed by atoms with van der Waals surface area (Å²) in [5.74, 6) is 0.810. The molecule has 8 nitrogen and oxygen atoms in total. The van der Waals surface area contributed by atoms with E-state index < -0.39 is 18.0 Å². The SMILES string of the molecule is CN(c1nc(-c2ccnc3[nH]c(C(F)(F)F)cc23)nc2cncc(C3=CC=C3)c12)C1CNCC1O. The molecule has 1 saturated heterocycles. The number of aromatic amines is 1. The molecule has 11 heteroatoms. The van der Waals surface area contributed by atoms with Crippen molar-refractivity contribution < 1.29 is 18.3 Å². The molecule has 6 rings (SSSR count). The predicted octanol–water partition coefficient (Wildman–Crippen LogP) is 3.31. The van der Waals surface area contributed by atoms with Crippen LogP contribution in [0.15, 0.2) is 49.0 Å². The Kier molecular flexibility index (Phi) is 4.87. The third-order valence-electron chi connectivity index (χ3n) is 6.51. The zero-order chi connectivity index (χ0) is 24.3. The van der Waals surface area contributed by atoms with Crippen LogP contribution in [0.4, 0.5) is 19.0 Å². The molecule has 1 aliphatic carbocycles. The number of fused-ring (bicyclic) bond motifs is 2. The van der Waals surface area contributed by atoms with Crippen molar-refractivity contribution in [1.82, 2.24) is 30.2 Å². The molecule has 35 heavy (non-hydrogen) atoms. The molecular weight excluding hydrogens is 459 g/mol. The molecule has 178 valence electrons. The summed E-state index contributed by atoms with van der Waals surface area (Å²) < 4.78 is 40.1. The molecular formula is C24H20F3N7O. The highest BCUT2D eigenvalue weighted by Gasteiger charge is 2.34. The Morgan fingerprint density at radius 3 is 2.66 bits per heavy atom. The molecule has 4 aromatic heterocycles. The van der Waals surface area contributed by atoms with Gasteiger partial charge in [-0.05, 0) is 17.7 Å². The number of rotatable bonds is 4. The van der Waals surface area contributed by atoms with Gasteiger partial charge in [-0.1, -0.05) is 18.2 Å². The van der Waals surface area contributed by atoms with E-state index in [-0.39, 0.29) is 22.9 Å². The average Bonchev–Trinajstić information content (AvgIpc) is 3.43. The highest BCUT2D eigenvalue weighted by molar-refractivity contribution is 6.03. The number of halogens is 3. The highest BCUT2D eigenvalue weighted by atomic mass is 19.4. The Labute approximate surface area is 197 Å². The van der Waals surface area contributed by atoms with Gasteiger partial charge in [-0.15, -0.1) is 0 Å². The summed E-state index contributed by atoms with van der Waals surface area (Å²) in [6.45, 7) is 1.02. The lowest BCUT2D eigenvalue weighted by Crippen LogP contribution is -2.41. The van der Waals surface area contributed by atoms with E-state index in [4.69, 9.17) is 9.97 Å². The second-order valence-electron chi connectivity index (χ2n) is 8.64. The quantitative estimate of drug-likeness (QED) is 0.413. The van der Waals surface area contributed by atoms with Crippen LogP contribution >= 0.6 is 0 Å². The van der Waals surface area contributed by atoms with Crippen molar-refractivity contribution in [2.45, 2.75) is 18.3 Å². The Morgan fingerprint density at radius 1 is 1.14 bits per heavy atom. The second-order valence-corrected chi connectivity index (χ2v) is 8.64. The topological polar surface area (TPSA) is 103 Å². The van der Waals surface area contributed by atoms with E-state index >= 15 is 0 Å². The van der Waals surface area contributed by atoms with Crippen LogP contribution < -0.4 is 10.2 Å². The maximum Gasteiger partial charge on any atom is 0.431 e. The number of aromatic nitrogens is 5. The van der Waals surface area contributed by atoms with Crippen LogP contribution in [0.5, 0.6) is 0 Å². The first-order chi connectivity index (χ1) is 16.8. The number of nitrogens with one attached hydrogen (secondary N) is 2. The summed E-state index contributed by atoms with van der Waals surface area (Å²) in [5.41, 5.74) is 1.99. The van der Waals surface area contributed by atoms with Gasteiger partial charge in [-0.2, -0.15) is 13.2 Å². The van der Waals surface area contributed by atoms with Gasteiger partial charge < -0.3 is 20.3 Å². The number of aliphatic hydroxyl groups excluding tert-OH is 1. The summed E-state index contributed by atoms with van der Waals surface area (Å²) in [4.78, 5) is 22.2. The summed E-state index contributed by atoms with van der Waals surface area (Å²) in [6, 6.07) is 2.38. The van der Waals surface area contributed by atoms with Crippen molar-refractivity contribution in [3.05, 3.63) is 60.2 Å². The lowest BCUT2D eigenvalue weighted by atomic mass is 9.97. The van der Waals surface area contributed by atoms with E-state index in [1.165, 1.54) is 6.20 Å². The number of alkyl halides is 3. The van der Waals surface area contributed by atoms with Crippen molar-refractivity contribution in [3.63, 3.8) is 0 Å². The number of hydrogen-bond acceptors (Lipinski definition) is 7. The molecule has 0 bridgehead atoms. The normalized spacial score (nSPS) is 19.9. The first-order valence-electron chi connectivity index (χ1n) is 11.0. The summed E-state index contributed by atoms with van der Waals surface area (Å²) in [7, 11) is 1.85. The molecule has 1 fully saturated rings. The maximum absolute atomic E-state index is 13.4. The number of hydrogen-bond donors (Lipinski definition) is 3. The minimum atomic E-state index is -4.54.